The Morgan fingerprint density at radius 1 is 1.00 bits per heavy atom. The quantitative estimate of drug-likeness (QED) is 0.851. The van der Waals surface area contributed by atoms with Crippen LogP contribution in [0.15, 0.2) is 54.6 Å². The summed E-state index contributed by atoms with van der Waals surface area (Å²) in [6.07, 6.45) is 1.32. The van der Waals surface area contributed by atoms with Gasteiger partial charge in [0.1, 0.15) is 11.9 Å². The van der Waals surface area contributed by atoms with E-state index < -0.39 is 6.04 Å². The Balaban J connectivity index is 1.67. The number of hydrogen-bond donors (Lipinski definition) is 1. The fourth-order valence-corrected chi connectivity index (χ4v) is 3.46. The molecule has 25 heavy (non-hydrogen) atoms. The maximum Gasteiger partial charge on any atom is 0.239 e. The Morgan fingerprint density at radius 3 is 2.16 bits per heavy atom. The van der Waals surface area contributed by atoms with Crippen molar-refractivity contribution in [2.45, 2.75) is 18.9 Å². The minimum Gasteiger partial charge on any atom is -0.368 e. The number of nitrogens with two attached hydrogens (primary N) is 1. The molecule has 4 nitrogen and oxygen atoms in total. The number of halogens is 1. The molecule has 2 aromatic carbocycles. The summed E-state index contributed by atoms with van der Waals surface area (Å²) >= 11 is 0. The first-order valence-electron chi connectivity index (χ1n) is 8.44. The number of likely N-dealkylation sites (tertiary alicyclic amines) is 1. The average molecular weight is 340 g/mol. The van der Waals surface area contributed by atoms with Crippen LogP contribution in [0.1, 0.15) is 34.8 Å². The molecule has 130 valence electrons. The third kappa shape index (κ3) is 3.94. The highest BCUT2D eigenvalue weighted by Gasteiger charge is 2.32. The van der Waals surface area contributed by atoms with Gasteiger partial charge in [0.25, 0.3) is 0 Å². The van der Waals surface area contributed by atoms with E-state index in [0.717, 1.165) is 5.56 Å². The third-order valence-corrected chi connectivity index (χ3v) is 4.78. The number of hydrogen-bond acceptors (Lipinski definition) is 3. The lowest BCUT2D eigenvalue weighted by atomic mass is 9.87. The normalized spacial score (nSPS) is 17.2. The van der Waals surface area contributed by atoms with Gasteiger partial charge in [-0.15, -0.1) is 0 Å². The zero-order valence-electron chi connectivity index (χ0n) is 13.9. The number of piperidine rings is 1. The fraction of sp³-hybridized carbons (Fsp3) is 0.300. The number of carbonyl (C=O) groups is 2. The molecule has 1 aliphatic rings. The first-order chi connectivity index (χ1) is 12.1. The number of carbonyl (C=O) groups excluding carboxylic acids is 2. The topological polar surface area (TPSA) is 63.4 Å². The van der Waals surface area contributed by atoms with Crippen molar-refractivity contribution in [3.8, 4) is 0 Å². The van der Waals surface area contributed by atoms with Crippen LogP contribution >= 0.6 is 0 Å². The van der Waals surface area contributed by atoms with E-state index in [9.17, 15) is 14.0 Å². The Bertz CT molecular complexity index is 738. The summed E-state index contributed by atoms with van der Waals surface area (Å²) in [5, 5.41) is 0. The van der Waals surface area contributed by atoms with Crippen molar-refractivity contribution in [3.63, 3.8) is 0 Å². The molecule has 0 spiro atoms. The SMILES string of the molecule is NC(=O)[C@H](c1ccccc1)N1CCC(C(=O)c2ccc(F)cc2)CC1. The van der Waals surface area contributed by atoms with Crippen molar-refractivity contribution in [3.05, 3.63) is 71.5 Å². The maximum absolute atomic E-state index is 13.0. The Morgan fingerprint density at radius 2 is 1.60 bits per heavy atom. The summed E-state index contributed by atoms with van der Waals surface area (Å²) in [5.41, 5.74) is 7.03. The number of primary amides is 1. The standard InChI is InChI=1S/C20H21FN2O2/c21-17-8-6-15(7-9-17)19(24)16-10-12-23(13-11-16)18(20(22)25)14-4-2-1-3-5-14/h1-9,16,18H,10-13H2,(H2,22,25)/t18-/m0/s1. The van der Waals surface area contributed by atoms with E-state index in [4.69, 9.17) is 5.73 Å². The fourth-order valence-electron chi connectivity index (χ4n) is 3.46. The number of rotatable bonds is 5. The average Bonchev–Trinajstić information content (AvgIpc) is 2.63. The number of benzene rings is 2. The summed E-state index contributed by atoms with van der Waals surface area (Å²) in [5.74, 6) is -0.797. The van der Waals surface area contributed by atoms with Crippen molar-refractivity contribution in [1.29, 1.82) is 0 Å². The lowest BCUT2D eigenvalue weighted by Crippen LogP contribution is -2.43. The third-order valence-electron chi connectivity index (χ3n) is 4.78. The predicted molar refractivity (Wildman–Crippen MR) is 93.4 cm³/mol. The Labute approximate surface area is 146 Å². The van der Waals surface area contributed by atoms with Crippen molar-refractivity contribution < 1.29 is 14.0 Å². The second-order valence-corrected chi connectivity index (χ2v) is 6.40. The molecule has 0 aromatic heterocycles. The number of ketones is 1. The largest absolute Gasteiger partial charge is 0.368 e. The molecule has 2 aromatic rings. The zero-order valence-corrected chi connectivity index (χ0v) is 13.9. The molecule has 1 aliphatic heterocycles. The minimum absolute atomic E-state index is 0.0370. The molecule has 3 rings (SSSR count). The minimum atomic E-state index is -0.469. The maximum atomic E-state index is 13.0. The van der Waals surface area contributed by atoms with Gasteiger partial charge in [0, 0.05) is 11.5 Å². The van der Waals surface area contributed by atoms with Crippen LogP contribution in [0.2, 0.25) is 0 Å². The highest BCUT2D eigenvalue weighted by atomic mass is 19.1. The summed E-state index contributed by atoms with van der Waals surface area (Å²) in [7, 11) is 0. The van der Waals surface area contributed by atoms with Gasteiger partial charge in [-0.2, -0.15) is 0 Å². The van der Waals surface area contributed by atoms with Gasteiger partial charge in [0.2, 0.25) is 5.91 Å². The van der Waals surface area contributed by atoms with Gasteiger partial charge in [-0.05, 0) is 55.8 Å². The first-order valence-corrected chi connectivity index (χ1v) is 8.44. The van der Waals surface area contributed by atoms with Gasteiger partial charge < -0.3 is 5.73 Å². The molecule has 0 radical (unpaired) electrons. The summed E-state index contributed by atoms with van der Waals surface area (Å²) in [6, 6.07) is 14.7. The summed E-state index contributed by atoms with van der Waals surface area (Å²) < 4.78 is 13.0. The zero-order chi connectivity index (χ0) is 17.8. The van der Waals surface area contributed by atoms with Gasteiger partial charge in [-0.1, -0.05) is 30.3 Å². The van der Waals surface area contributed by atoms with Crippen LogP contribution in [0.4, 0.5) is 4.39 Å². The molecular weight excluding hydrogens is 319 g/mol. The van der Waals surface area contributed by atoms with Crippen molar-refractivity contribution in [2.75, 3.05) is 13.1 Å². The van der Waals surface area contributed by atoms with E-state index in [-0.39, 0.29) is 23.4 Å². The van der Waals surface area contributed by atoms with E-state index in [0.29, 0.717) is 31.5 Å². The van der Waals surface area contributed by atoms with E-state index in [2.05, 4.69) is 0 Å². The monoisotopic (exact) mass is 340 g/mol. The molecule has 0 aliphatic carbocycles. The molecule has 0 bridgehead atoms. The second-order valence-electron chi connectivity index (χ2n) is 6.40. The Kier molecular flexibility index (Phi) is 5.24. The van der Waals surface area contributed by atoms with Crippen molar-refractivity contribution >= 4 is 11.7 Å². The molecule has 1 amide bonds. The van der Waals surface area contributed by atoms with E-state index in [1.165, 1.54) is 24.3 Å². The van der Waals surface area contributed by atoms with Crippen LogP contribution in [0.3, 0.4) is 0 Å². The smallest absolute Gasteiger partial charge is 0.239 e. The van der Waals surface area contributed by atoms with Crippen molar-refractivity contribution in [1.82, 2.24) is 4.90 Å². The number of Topliss-reactive ketones (excluding diaryl/α,β-unsaturated/α-hetero) is 1. The molecule has 2 N–H and O–H groups in total. The van der Waals surface area contributed by atoms with Crippen LogP contribution in [-0.4, -0.2) is 29.7 Å². The van der Waals surface area contributed by atoms with Crippen molar-refractivity contribution in [2.24, 2.45) is 11.7 Å². The number of amides is 1. The lowest BCUT2D eigenvalue weighted by molar-refractivity contribution is -0.124. The molecule has 5 heteroatoms. The molecular formula is C20H21FN2O2. The predicted octanol–water partition coefficient (Wildman–Crippen LogP) is 2.95. The summed E-state index contributed by atoms with van der Waals surface area (Å²) in [4.78, 5) is 26.5. The second kappa shape index (κ2) is 7.57. The Hall–Kier alpha value is -2.53. The molecule has 0 unspecified atom stereocenters. The molecule has 0 saturated carbocycles. The van der Waals surface area contributed by atoms with Gasteiger partial charge in [-0.25, -0.2) is 4.39 Å². The number of nitrogens with zero attached hydrogens (tertiary/aromatic N) is 1. The van der Waals surface area contributed by atoms with E-state index in [1.807, 2.05) is 35.2 Å². The van der Waals surface area contributed by atoms with Gasteiger partial charge >= 0.3 is 0 Å². The van der Waals surface area contributed by atoms with Crippen LogP contribution in [0.5, 0.6) is 0 Å². The highest BCUT2D eigenvalue weighted by Crippen LogP contribution is 2.28. The van der Waals surface area contributed by atoms with Crippen LogP contribution in [-0.2, 0) is 4.79 Å². The lowest BCUT2D eigenvalue weighted by Gasteiger charge is -2.35. The van der Waals surface area contributed by atoms with E-state index >= 15 is 0 Å². The van der Waals surface area contributed by atoms with Gasteiger partial charge in [0.05, 0.1) is 0 Å². The van der Waals surface area contributed by atoms with Crippen LogP contribution in [0, 0.1) is 11.7 Å². The van der Waals surface area contributed by atoms with E-state index in [1.54, 1.807) is 0 Å². The van der Waals surface area contributed by atoms with Gasteiger partial charge in [0.15, 0.2) is 5.78 Å². The molecule has 1 heterocycles. The highest BCUT2D eigenvalue weighted by molar-refractivity contribution is 5.97. The molecule has 1 saturated heterocycles. The summed E-state index contributed by atoms with van der Waals surface area (Å²) in [6.45, 7) is 1.25. The van der Waals surface area contributed by atoms with Crippen LogP contribution < -0.4 is 5.73 Å². The van der Waals surface area contributed by atoms with Crippen LogP contribution in [0.25, 0.3) is 0 Å². The van der Waals surface area contributed by atoms with Gasteiger partial charge in [-0.3, -0.25) is 14.5 Å². The molecule has 1 atom stereocenters. The molecule has 1 fully saturated rings. The first kappa shape index (κ1) is 17.3.